The van der Waals surface area contributed by atoms with E-state index in [0.717, 1.165) is 42.9 Å². The minimum atomic E-state index is -0.662. The molecule has 17 heavy (non-hydrogen) atoms. The summed E-state index contributed by atoms with van der Waals surface area (Å²) in [5, 5.41) is 15.4. The smallest absolute Gasteiger partial charge is 0.306 e. The van der Waals surface area contributed by atoms with Gasteiger partial charge in [0, 0.05) is 11.4 Å². The van der Waals surface area contributed by atoms with E-state index in [9.17, 15) is 4.79 Å². The van der Waals surface area contributed by atoms with Crippen LogP contribution in [0.1, 0.15) is 38.3 Å². The second-order valence-corrected chi connectivity index (χ2v) is 5.40. The summed E-state index contributed by atoms with van der Waals surface area (Å²) in [6.45, 7) is 2.08. The van der Waals surface area contributed by atoms with Crippen molar-refractivity contribution in [1.29, 1.82) is 0 Å². The fraction of sp³-hybridized carbons (Fsp3) is 0.667. The van der Waals surface area contributed by atoms with Gasteiger partial charge in [0.2, 0.25) is 0 Å². The molecule has 2 rings (SSSR count). The molecule has 1 aromatic heterocycles. The highest BCUT2D eigenvalue weighted by atomic mass is 32.1. The standard InChI is InChI=1S/C12H18N2O2S/c1-2-9-7-17-12(13-9)14-10-5-3-4-8(6-10)11(15)16/h7-8,10H,2-6H2,1H3,(H,13,14)(H,15,16). The van der Waals surface area contributed by atoms with Crippen LogP contribution < -0.4 is 5.32 Å². The summed E-state index contributed by atoms with van der Waals surface area (Å²) in [6, 6.07) is 0.265. The van der Waals surface area contributed by atoms with Crippen molar-refractivity contribution in [2.75, 3.05) is 5.32 Å². The average molecular weight is 254 g/mol. The summed E-state index contributed by atoms with van der Waals surface area (Å²) >= 11 is 1.61. The van der Waals surface area contributed by atoms with Crippen LogP contribution >= 0.6 is 11.3 Å². The second-order valence-electron chi connectivity index (χ2n) is 4.54. The molecule has 0 spiro atoms. The molecule has 2 N–H and O–H groups in total. The lowest BCUT2D eigenvalue weighted by Crippen LogP contribution is -2.30. The Hall–Kier alpha value is -1.10. The van der Waals surface area contributed by atoms with E-state index < -0.39 is 5.97 Å². The lowest BCUT2D eigenvalue weighted by atomic mass is 9.86. The third-order valence-corrected chi connectivity index (χ3v) is 4.09. The number of nitrogens with one attached hydrogen (secondary N) is 1. The molecule has 1 aliphatic rings. The van der Waals surface area contributed by atoms with Crippen LogP contribution in [0, 0.1) is 5.92 Å². The quantitative estimate of drug-likeness (QED) is 0.867. The van der Waals surface area contributed by atoms with Gasteiger partial charge in [0.15, 0.2) is 5.13 Å². The van der Waals surface area contributed by atoms with Gasteiger partial charge in [-0.05, 0) is 25.7 Å². The number of hydrogen-bond acceptors (Lipinski definition) is 4. The lowest BCUT2D eigenvalue weighted by Gasteiger charge is -2.27. The van der Waals surface area contributed by atoms with Crippen LogP contribution in [0.3, 0.4) is 0 Å². The number of aliphatic carboxylic acids is 1. The Morgan fingerprint density at radius 2 is 2.47 bits per heavy atom. The SMILES string of the molecule is CCc1csc(NC2CCCC(C(=O)O)C2)n1. The molecule has 94 valence electrons. The fourth-order valence-corrected chi connectivity index (χ4v) is 3.13. The zero-order chi connectivity index (χ0) is 12.3. The molecule has 0 radical (unpaired) electrons. The molecular weight excluding hydrogens is 236 g/mol. The first-order chi connectivity index (χ1) is 8.19. The molecule has 1 aromatic rings. The molecule has 5 heteroatoms. The Morgan fingerprint density at radius 3 is 3.12 bits per heavy atom. The molecule has 1 fully saturated rings. The molecule has 0 aromatic carbocycles. The number of aromatic nitrogens is 1. The monoisotopic (exact) mass is 254 g/mol. The summed E-state index contributed by atoms with van der Waals surface area (Å²) in [7, 11) is 0. The van der Waals surface area contributed by atoms with Gasteiger partial charge in [-0.25, -0.2) is 4.98 Å². The number of carbonyl (C=O) groups is 1. The molecule has 0 saturated heterocycles. The van der Waals surface area contributed by atoms with Crippen molar-refractivity contribution in [2.45, 2.75) is 45.1 Å². The van der Waals surface area contributed by atoms with Crippen molar-refractivity contribution in [3.63, 3.8) is 0 Å². The van der Waals surface area contributed by atoms with Gasteiger partial charge in [0.1, 0.15) is 0 Å². The molecule has 0 amide bonds. The maximum Gasteiger partial charge on any atom is 0.306 e. The number of carboxylic acid groups (broad SMARTS) is 1. The molecule has 0 aliphatic heterocycles. The predicted octanol–water partition coefficient (Wildman–Crippen LogP) is 2.76. The summed E-state index contributed by atoms with van der Waals surface area (Å²) in [5.74, 6) is -0.850. The van der Waals surface area contributed by atoms with E-state index in [1.54, 1.807) is 11.3 Å². The second kappa shape index (κ2) is 5.49. The number of thiazole rings is 1. The Balaban J connectivity index is 1.92. The largest absolute Gasteiger partial charge is 0.481 e. The van der Waals surface area contributed by atoms with Crippen molar-refractivity contribution in [1.82, 2.24) is 4.98 Å². The summed E-state index contributed by atoms with van der Waals surface area (Å²) in [4.78, 5) is 15.4. The number of anilines is 1. The zero-order valence-corrected chi connectivity index (χ0v) is 10.8. The van der Waals surface area contributed by atoms with Crippen LogP contribution in [-0.4, -0.2) is 22.1 Å². The summed E-state index contributed by atoms with van der Waals surface area (Å²) in [6.07, 6.45) is 4.51. The van der Waals surface area contributed by atoms with Crippen molar-refractivity contribution in [2.24, 2.45) is 5.92 Å². The normalized spacial score (nSPS) is 24.5. The number of rotatable bonds is 4. The minimum absolute atomic E-state index is 0.188. The molecule has 2 unspecified atom stereocenters. The van der Waals surface area contributed by atoms with Gasteiger partial charge in [-0.3, -0.25) is 4.79 Å². The molecular formula is C12H18N2O2S. The number of nitrogens with zero attached hydrogens (tertiary/aromatic N) is 1. The fourth-order valence-electron chi connectivity index (χ4n) is 2.26. The Bertz CT molecular complexity index is 392. The van der Waals surface area contributed by atoms with Crippen molar-refractivity contribution in [3.05, 3.63) is 11.1 Å². The Labute approximate surface area is 105 Å². The maximum atomic E-state index is 11.0. The van der Waals surface area contributed by atoms with Gasteiger partial charge in [-0.1, -0.05) is 13.3 Å². The van der Waals surface area contributed by atoms with Gasteiger partial charge >= 0.3 is 5.97 Å². The third-order valence-electron chi connectivity index (χ3n) is 3.27. The van der Waals surface area contributed by atoms with E-state index >= 15 is 0 Å². The zero-order valence-electron chi connectivity index (χ0n) is 9.98. The van der Waals surface area contributed by atoms with Crippen LogP contribution in [0.2, 0.25) is 0 Å². The average Bonchev–Trinajstić information content (AvgIpc) is 2.77. The van der Waals surface area contributed by atoms with Gasteiger partial charge in [0.25, 0.3) is 0 Å². The predicted molar refractivity (Wildman–Crippen MR) is 68.5 cm³/mol. The third kappa shape index (κ3) is 3.19. The first-order valence-corrected chi connectivity index (χ1v) is 7.00. The topological polar surface area (TPSA) is 62.2 Å². The lowest BCUT2D eigenvalue weighted by molar-refractivity contribution is -0.142. The van der Waals surface area contributed by atoms with E-state index in [1.165, 1.54) is 0 Å². The van der Waals surface area contributed by atoms with E-state index in [2.05, 4.69) is 22.6 Å². The first kappa shape index (κ1) is 12.4. The Morgan fingerprint density at radius 1 is 1.65 bits per heavy atom. The molecule has 1 heterocycles. The number of hydrogen-bond donors (Lipinski definition) is 2. The van der Waals surface area contributed by atoms with Crippen molar-refractivity contribution < 1.29 is 9.90 Å². The molecule has 4 nitrogen and oxygen atoms in total. The Kier molecular flexibility index (Phi) is 3.99. The summed E-state index contributed by atoms with van der Waals surface area (Å²) in [5.41, 5.74) is 1.10. The van der Waals surface area contributed by atoms with Crippen LogP contribution in [0.25, 0.3) is 0 Å². The highest BCUT2D eigenvalue weighted by Gasteiger charge is 2.27. The molecule has 1 aliphatic carbocycles. The maximum absolute atomic E-state index is 11.0. The van der Waals surface area contributed by atoms with Gasteiger partial charge < -0.3 is 10.4 Å². The van der Waals surface area contributed by atoms with Crippen LogP contribution in [-0.2, 0) is 11.2 Å². The highest BCUT2D eigenvalue weighted by molar-refractivity contribution is 7.13. The first-order valence-electron chi connectivity index (χ1n) is 6.12. The van der Waals surface area contributed by atoms with Crippen LogP contribution in [0.15, 0.2) is 5.38 Å². The number of carboxylic acids is 1. The minimum Gasteiger partial charge on any atom is -0.481 e. The molecule has 1 saturated carbocycles. The van der Waals surface area contributed by atoms with Gasteiger partial charge in [-0.2, -0.15) is 0 Å². The van der Waals surface area contributed by atoms with Gasteiger partial charge in [0.05, 0.1) is 11.6 Å². The highest BCUT2D eigenvalue weighted by Crippen LogP contribution is 2.28. The van der Waals surface area contributed by atoms with Crippen molar-refractivity contribution >= 4 is 22.4 Å². The van der Waals surface area contributed by atoms with Gasteiger partial charge in [-0.15, -0.1) is 11.3 Å². The van der Waals surface area contributed by atoms with Crippen LogP contribution in [0.4, 0.5) is 5.13 Å². The van der Waals surface area contributed by atoms with E-state index in [0.29, 0.717) is 0 Å². The molecule has 2 atom stereocenters. The molecule has 0 bridgehead atoms. The van der Waals surface area contributed by atoms with E-state index in [-0.39, 0.29) is 12.0 Å². The van der Waals surface area contributed by atoms with Crippen molar-refractivity contribution in [3.8, 4) is 0 Å². The van der Waals surface area contributed by atoms with E-state index in [1.807, 2.05) is 0 Å². The summed E-state index contributed by atoms with van der Waals surface area (Å²) < 4.78 is 0. The van der Waals surface area contributed by atoms with Crippen LogP contribution in [0.5, 0.6) is 0 Å². The number of aryl methyl sites for hydroxylation is 1. The van der Waals surface area contributed by atoms with E-state index in [4.69, 9.17) is 5.11 Å².